The molecule has 0 bridgehead atoms. The molecule has 4 heterocycles. The SMILES string of the molecule is CC(C)=CCCC(=O)[C@@H](c1nc2n(c1O)C(=N)N=N2)c1nc(O)c2n1C(=N)N=N2. The van der Waals surface area contributed by atoms with Crippen molar-refractivity contribution in [3.8, 4) is 11.8 Å². The summed E-state index contributed by atoms with van der Waals surface area (Å²) >= 11 is 0. The monoisotopic (exact) mass is 396 g/mol. The molecule has 0 unspecified atom stereocenters. The van der Waals surface area contributed by atoms with Gasteiger partial charge in [-0.15, -0.1) is 20.5 Å². The molecule has 2 aliphatic heterocycles. The fraction of sp³-hybridized carbons (Fsp3) is 0.312. The van der Waals surface area contributed by atoms with E-state index in [9.17, 15) is 15.0 Å². The number of rotatable bonds is 6. The van der Waals surface area contributed by atoms with E-state index in [1.54, 1.807) is 0 Å². The van der Waals surface area contributed by atoms with Gasteiger partial charge in [-0.1, -0.05) is 11.6 Å². The van der Waals surface area contributed by atoms with E-state index in [1.165, 1.54) is 0 Å². The number of aromatic hydroxyl groups is 2. The fourth-order valence-corrected chi connectivity index (χ4v) is 3.12. The van der Waals surface area contributed by atoms with Crippen LogP contribution in [0.2, 0.25) is 0 Å². The van der Waals surface area contributed by atoms with E-state index in [-0.39, 0.29) is 47.4 Å². The van der Waals surface area contributed by atoms with E-state index in [0.717, 1.165) is 14.7 Å². The van der Waals surface area contributed by atoms with Crippen molar-refractivity contribution in [3.63, 3.8) is 0 Å². The van der Waals surface area contributed by atoms with E-state index >= 15 is 0 Å². The highest BCUT2D eigenvalue weighted by Crippen LogP contribution is 2.41. The van der Waals surface area contributed by atoms with E-state index in [4.69, 9.17) is 10.8 Å². The number of hydrogen-bond acceptors (Lipinski definition) is 9. The van der Waals surface area contributed by atoms with Gasteiger partial charge in [-0.2, -0.15) is 4.98 Å². The molecule has 0 aromatic carbocycles. The van der Waals surface area contributed by atoms with Crippen LogP contribution in [-0.2, 0) is 4.79 Å². The summed E-state index contributed by atoms with van der Waals surface area (Å²) in [7, 11) is 0. The molecule has 1 atom stereocenters. The number of ketones is 1. The third kappa shape index (κ3) is 2.83. The lowest BCUT2D eigenvalue weighted by atomic mass is 9.95. The van der Waals surface area contributed by atoms with Crippen molar-refractivity contribution < 1.29 is 15.0 Å². The maximum Gasteiger partial charge on any atom is 0.259 e. The minimum atomic E-state index is -1.23. The Hall–Kier alpha value is -4.03. The molecule has 13 heteroatoms. The quantitative estimate of drug-likeness (QED) is 0.545. The van der Waals surface area contributed by atoms with Gasteiger partial charge in [-0.3, -0.25) is 15.6 Å². The molecule has 2 aliphatic rings. The highest BCUT2D eigenvalue weighted by Gasteiger charge is 2.39. The van der Waals surface area contributed by atoms with E-state index in [0.29, 0.717) is 6.42 Å². The normalized spacial score (nSPS) is 15.0. The van der Waals surface area contributed by atoms with Crippen LogP contribution in [0.4, 0.5) is 11.8 Å². The molecule has 13 nitrogen and oxygen atoms in total. The van der Waals surface area contributed by atoms with Crippen LogP contribution in [-0.4, -0.2) is 47.0 Å². The maximum atomic E-state index is 13.1. The van der Waals surface area contributed by atoms with Gasteiger partial charge < -0.3 is 10.2 Å². The lowest BCUT2D eigenvalue weighted by Gasteiger charge is -2.14. The summed E-state index contributed by atoms with van der Waals surface area (Å²) in [6, 6.07) is 0. The van der Waals surface area contributed by atoms with Crippen LogP contribution in [0.5, 0.6) is 11.8 Å². The molecule has 0 saturated carbocycles. The van der Waals surface area contributed by atoms with Crippen LogP contribution < -0.4 is 0 Å². The zero-order valence-corrected chi connectivity index (χ0v) is 15.4. The zero-order chi connectivity index (χ0) is 20.9. The molecule has 2 aromatic rings. The Labute approximate surface area is 163 Å². The van der Waals surface area contributed by atoms with E-state index < -0.39 is 17.7 Å². The fourth-order valence-electron chi connectivity index (χ4n) is 3.12. The van der Waals surface area contributed by atoms with Crippen LogP contribution in [0.15, 0.2) is 32.1 Å². The number of nitrogens with one attached hydrogen (secondary N) is 2. The zero-order valence-electron chi connectivity index (χ0n) is 15.4. The highest BCUT2D eigenvalue weighted by molar-refractivity contribution is 5.94. The molecule has 148 valence electrons. The Morgan fingerprint density at radius 1 is 1.07 bits per heavy atom. The number of azo groups is 2. The second kappa shape index (κ2) is 6.54. The number of allylic oxidation sites excluding steroid dienone is 2. The molecule has 2 aromatic heterocycles. The van der Waals surface area contributed by atoms with Gasteiger partial charge >= 0.3 is 0 Å². The first-order chi connectivity index (χ1) is 13.8. The predicted octanol–water partition coefficient (Wildman–Crippen LogP) is 2.70. The summed E-state index contributed by atoms with van der Waals surface area (Å²) in [4.78, 5) is 21.3. The standard InChI is InChI=1S/C16H16N10O3/c1-6(2)4-3-5-7(27)8(9-13(29)26-15(18)23-24-16(26)19-9)10-20-12(28)11-21-22-14(17)25(10)11/h4,8,17-18,28-29H,3,5H2,1-2H3/t8-/m0/s1. The second-order valence-corrected chi connectivity index (χ2v) is 6.68. The Morgan fingerprint density at radius 3 is 2.45 bits per heavy atom. The minimum Gasteiger partial charge on any atom is -0.493 e. The van der Waals surface area contributed by atoms with Crippen molar-refractivity contribution >= 4 is 29.5 Å². The number of aromatic nitrogens is 4. The van der Waals surface area contributed by atoms with Crippen LogP contribution in [0.25, 0.3) is 0 Å². The molecule has 0 radical (unpaired) electrons. The summed E-state index contributed by atoms with van der Waals surface area (Å²) in [5, 5.41) is 50.8. The van der Waals surface area contributed by atoms with Gasteiger partial charge in [-0.25, -0.2) is 14.1 Å². The first-order valence-corrected chi connectivity index (χ1v) is 8.60. The average Bonchev–Trinajstić information content (AvgIpc) is 3.37. The summed E-state index contributed by atoms with van der Waals surface area (Å²) in [5.41, 5.74) is 0.948. The number of hydrogen-bond donors (Lipinski definition) is 4. The molecular weight excluding hydrogens is 380 g/mol. The van der Waals surface area contributed by atoms with Crippen molar-refractivity contribution in [2.45, 2.75) is 32.6 Å². The molecule has 4 N–H and O–H groups in total. The number of nitrogens with zero attached hydrogens (tertiary/aromatic N) is 8. The maximum absolute atomic E-state index is 13.1. The van der Waals surface area contributed by atoms with Gasteiger partial charge in [0.05, 0.1) is 0 Å². The molecule has 0 saturated heterocycles. The third-order valence-electron chi connectivity index (χ3n) is 4.42. The summed E-state index contributed by atoms with van der Waals surface area (Å²) in [6.45, 7) is 3.82. The summed E-state index contributed by atoms with van der Waals surface area (Å²) < 4.78 is 2.11. The molecular formula is C16H16N10O3. The molecule has 0 amide bonds. The molecule has 0 spiro atoms. The van der Waals surface area contributed by atoms with Crippen molar-refractivity contribution in [1.82, 2.24) is 19.1 Å². The number of imidazole rings is 2. The summed E-state index contributed by atoms with van der Waals surface area (Å²) in [6.07, 6.45) is 2.44. The number of carbonyl (C=O) groups is 1. The smallest absolute Gasteiger partial charge is 0.259 e. The molecule has 0 aliphatic carbocycles. The first kappa shape index (κ1) is 18.3. The van der Waals surface area contributed by atoms with Crippen LogP contribution in [0.3, 0.4) is 0 Å². The predicted molar refractivity (Wildman–Crippen MR) is 98.6 cm³/mol. The van der Waals surface area contributed by atoms with Gasteiger partial charge in [0.25, 0.3) is 17.8 Å². The third-order valence-corrected chi connectivity index (χ3v) is 4.42. The molecule has 29 heavy (non-hydrogen) atoms. The Balaban J connectivity index is 1.83. The molecule has 0 fully saturated rings. The number of fused-ring (bicyclic) bond motifs is 2. The Kier molecular flexibility index (Phi) is 4.14. The molecule has 4 rings (SSSR count). The van der Waals surface area contributed by atoms with Crippen LogP contribution in [0, 0.1) is 10.8 Å². The lowest BCUT2D eigenvalue weighted by Crippen LogP contribution is -2.21. The Bertz CT molecular complexity index is 1160. The lowest BCUT2D eigenvalue weighted by molar-refractivity contribution is -0.119. The van der Waals surface area contributed by atoms with Crippen LogP contribution >= 0.6 is 0 Å². The van der Waals surface area contributed by atoms with Gasteiger partial charge in [0.2, 0.25) is 17.7 Å². The van der Waals surface area contributed by atoms with Crippen molar-refractivity contribution in [2.24, 2.45) is 20.5 Å². The highest BCUT2D eigenvalue weighted by atomic mass is 16.3. The van der Waals surface area contributed by atoms with Gasteiger partial charge in [-0.05, 0) is 20.3 Å². The van der Waals surface area contributed by atoms with Crippen molar-refractivity contribution in [1.29, 1.82) is 10.8 Å². The van der Waals surface area contributed by atoms with Gasteiger partial charge in [0.1, 0.15) is 23.2 Å². The Morgan fingerprint density at radius 2 is 1.76 bits per heavy atom. The van der Waals surface area contributed by atoms with Gasteiger partial charge in [0.15, 0.2) is 0 Å². The number of carbonyl (C=O) groups excluding carboxylic acids is 1. The minimum absolute atomic E-state index is 0.0496. The van der Waals surface area contributed by atoms with Crippen LogP contribution in [0.1, 0.15) is 44.1 Å². The number of Topliss-reactive ketones (excluding diaryl/α,β-unsaturated/α-hetero) is 1. The first-order valence-electron chi connectivity index (χ1n) is 8.60. The van der Waals surface area contributed by atoms with Crippen molar-refractivity contribution in [2.75, 3.05) is 0 Å². The topological polar surface area (TPSA) is 190 Å². The second-order valence-electron chi connectivity index (χ2n) is 6.68. The van der Waals surface area contributed by atoms with E-state index in [1.807, 2.05) is 19.9 Å². The largest absolute Gasteiger partial charge is 0.493 e. The van der Waals surface area contributed by atoms with Crippen molar-refractivity contribution in [3.05, 3.63) is 23.2 Å². The summed E-state index contributed by atoms with van der Waals surface area (Å²) in [5.74, 6) is -3.42. The van der Waals surface area contributed by atoms with Gasteiger partial charge in [0, 0.05) is 6.42 Å². The van der Waals surface area contributed by atoms with E-state index in [2.05, 4.69) is 30.4 Å². The average molecular weight is 396 g/mol.